The fourth-order valence-corrected chi connectivity index (χ4v) is 3.73. The summed E-state index contributed by atoms with van der Waals surface area (Å²) in [5.74, 6) is 1.65. The highest BCUT2D eigenvalue weighted by Gasteiger charge is 2.30. The third-order valence-electron chi connectivity index (χ3n) is 5.53. The van der Waals surface area contributed by atoms with E-state index in [1.54, 1.807) is 12.3 Å². The van der Waals surface area contributed by atoms with E-state index in [1.807, 2.05) is 25.1 Å². The number of anilines is 1. The van der Waals surface area contributed by atoms with Gasteiger partial charge in [0.1, 0.15) is 12.1 Å². The third kappa shape index (κ3) is 6.18. The predicted molar refractivity (Wildman–Crippen MR) is 129 cm³/mol. The molecule has 3 heterocycles. The Morgan fingerprint density at radius 3 is 2.67 bits per heavy atom. The average Bonchev–Trinajstić information content (AvgIpc) is 2.84. The quantitative estimate of drug-likeness (QED) is 0.480. The van der Waals surface area contributed by atoms with Gasteiger partial charge in [0, 0.05) is 25.0 Å². The van der Waals surface area contributed by atoms with Crippen LogP contribution in [0.1, 0.15) is 37.8 Å². The van der Waals surface area contributed by atoms with Gasteiger partial charge in [-0.2, -0.15) is 13.2 Å². The van der Waals surface area contributed by atoms with Crippen molar-refractivity contribution in [1.82, 2.24) is 15.0 Å². The summed E-state index contributed by atoms with van der Waals surface area (Å²) in [5.41, 5.74) is 1.98. The molecule has 10 heteroatoms. The maximum absolute atomic E-state index is 12.8. The van der Waals surface area contributed by atoms with E-state index in [9.17, 15) is 13.2 Å². The number of alkyl halides is 3. The molecule has 2 aromatic heterocycles. The van der Waals surface area contributed by atoms with Gasteiger partial charge in [0.15, 0.2) is 17.0 Å². The van der Waals surface area contributed by atoms with E-state index in [-0.39, 0.29) is 5.88 Å². The van der Waals surface area contributed by atoms with E-state index in [4.69, 9.17) is 9.47 Å². The lowest BCUT2D eigenvalue weighted by atomic mass is 10.1. The topological polar surface area (TPSA) is 81.5 Å². The summed E-state index contributed by atoms with van der Waals surface area (Å²) < 4.78 is 49.8. The van der Waals surface area contributed by atoms with Crippen LogP contribution in [0.2, 0.25) is 0 Å². The smallest absolute Gasteiger partial charge is 0.417 e. The molecular weight excluding hydrogens is 471 g/mol. The Hall–Kier alpha value is -3.95. The second-order valence-corrected chi connectivity index (χ2v) is 8.13. The van der Waals surface area contributed by atoms with Crippen molar-refractivity contribution in [2.75, 3.05) is 18.5 Å². The predicted octanol–water partition coefficient (Wildman–Crippen LogP) is 4.83. The molecule has 0 saturated heterocycles. The first-order valence-electron chi connectivity index (χ1n) is 11.6. The Morgan fingerprint density at radius 2 is 1.92 bits per heavy atom. The van der Waals surface area contributed by atoms with Gasteiger partial charge in [-0.25, -0.2) is 19.9 Å². The van der Waals surface area contributed by atoms with Gasteiger partial charge in [-0.1, -0.05) is 17.7 Å². The molecule has 3 aromatic rings. The number of nitrogens with one attached hydrogen (secondary N) is 1. The molecule has 0 unspecified atom stereocenters. The summed E-state index contributed by atoms with van der Waals surface area (Å²) in [5, 5.41) is 4.33. The maximum Gasteiger partial charge on any atom is 0.417 e. The molecule has 188 valence electrons. The highest BCUT2D eigenvalue weighted by Crippen LogP contribution is 2.34. The summed E-state index contributed by atoms with van der Waals surface area (Å²) in [7, 11) is 0. The Bertz CT molecular complexity index is 1360. The maximum atomic E-state index is 12.8. The molecule has 0 aliphatic carbocycles. The minimum absolute atomic E-state index is 0.0468. The molecule has 0 radical (unpaired) electrons. The van der Waals surface area contributed by atoms with Gasteiger partial charge < -0.3 is 14.8 Å². The molecule has 0 fully saturated rings. The number of allylic oxidation sites excluding steroid dienone is 1. The molecule has 0 spiro atoms. The van der Waals surface area contributed by atoms with Gasteiger partial charge in [0.05, 0.1) is 17.4 Å². The zero-order valence-electron chi connectivity index (χ0n) is 20.0. The molecule has 1 N–H and O–H groups in total. The molecule has 1 aliphatic heterocycles. The summed E-state index contributed by atoms with van der Waals surface area (Å²) in [6, 6.07) is 7.58. The molecule has 7 nitrogen and oxygen atoms in total. The number of hydrogen-bond donors (Lipinski definition) is 1. The molecule has 0 atom stereocenters. The van der Waals surface area contributed by atoms with Crippen molar-refractivity contribution in [2.24, 2.45) is 4.99 Å². The van der Waals surface area contributed by atoms with Gasteiger partial charge in [0.2, 0.25) is 5.88 Å². The van der Waals surface area contributed by atoms with Crippen molar-refractivity contribution in [3.63, 3.8) is 0 Å². The van der Waals surface area contributed by atoms with E-state index in [0.29, 0.717) is 36.6 Å². The highest BCUT2D eigenvalue weighted by atomic mass is 19.4. The fraction of sp³-hybridized carbons (Fsp3) is 0.308. The Labute approximate surface area is 206 Å². The Kier molecular flexibility index (Phi) is 7.82. The van der Waals surface area contributed by atoms with Gasteiger partial charge in [0.25, 0.3) is 0 Å². The first kappa shape index (κ1) is 25.2. The molecule has 1 aromatic carbocycles. The van der Waals surface area contributed by atoms with Gasteiger partial charge >= 0.3 is 6.18 Å². The molecule has 0 bridgehead atoms. The second kappa shape index (κ2) is 11.2. The Balaban J connectivity index is 1.47. The number of pyridine rings is 1. The number of ether oxygens (including phenoxy) is 2. The molecule has 1 aliphatic rings. The van der Waals surface area contributed by atoms with Crippen LogP contribution in [0, 0.1) is 0 Å². The molecule has 0 saturated carbocycles. The van der Waals surface area contributed by atoms with E-state index in [2.05, 4.69) is 32.2 Å². The number of rotatable bonds is 8. The first-order chi connectivity index (χ1) is 17.3. The second-order valence-electron chi connectivity index (χ2n) is 8.13. The summed E-state index contributed by atoms with van der Waals surface area (Å²) >= 11 is 0. The van der Waals surface area contributed by atoms with Crippen molar-refractivity contribution in [3.05, 3.63) is 77.0 Å². The normalized spacial score (nSPS) is 13.3. The van der Waals surface area contributed by atoms with Crippen LogP contribution in [-0.2, 0) is 12.6 Å². The van der Waals surface area contributed by atoms with Crippen LogP contribution in [0.3, 0.4) is 0 Å². The van der Waals surface area contributed by atoms with Crippen molar-refractivity contribution >= 4 is 11.4 Å². The minimum Gasteiger partial charge on any atom is -0.490 e. The van der Waals surface area contributed by atoms with Crippen LogP contribution < -0.4 is 25.5 Å². The van der Waals surface area contributed by atoms with E-state index in [0.717, 1.165) is 41.7 Å². The van der Waals surface area contributed by atoms with Crippen molar-refractivity contribution in [1.29, 1.82) is 0 Å². The van der Waals surface area contributed by atoms with Crippen LogP contribution in [0.15, 0.2) is 60.1 Å². The third-order valence-corrected chi connectivity index (χ3v) is 5.53. The van der Waals surface area contributed by atoms with E-state index >= 15 is 0 Å². The Morgan fingerprint density at radius 1 is 1.06 bits per heavy atom. The summed E-state index contributed by atoms with van der Waals surface area (Å²) in [6.45, 7) is 4.93. The summed E-state index contributed by atoms with van der Waals surface area (Å²) in [6.07, 6.45) is 4.10. The first-order valence-corrected chi connectivity index (χ1v) is 11.6. The number of nitrogens with zero attached hydrogens (tertiary/aromatic N) is 4. The lowest BCUT2D eigenvalue weighted by Gasteiger charge is -2.14. The standard InChI is InChI=1S/C26H26F3N5O2/c1-3-35-21-14-18(7-9-20(21)36-22-10-8-19(15-32-22)26(27,28)29)11-13-31-25-23-17(2)6-4-5-12-30-24(23)33-16-34-25/h5,7-10,12,14-16H,3-4,6,11,13H2,1-2H3,(H,30,31,33,34). The zero-order chi connectivity index (χ0) is 25.5. The number of fused-ring (bicyclic) bond motifs is 1. The number of aromatic nitrogens is 3. The van der Waals surface area contributed by atoms with Crippen LogP contribution >= 0.6 is 0 Å². The van der Waals surface area contributed by atoms with E-state index in [1.165, 1.54) is 18.0 Å². The van der Waals surface area contributed by atoms with Gasteiger partial charge in [-0.3, -0.25) is 0 Å². The molecule has 0 amide bonds. The van der Waals surface area contributed by atoms with Gasteiger partial charge in [-0.05, 0) is 56.9 Å². The molecule has 36 heavy (non-hydrogen) atoms. The van der Waals surface area contributed by atoms with Gasteiger partial charge in [-0.15, -0.1) is 0 Å². The number of hydrogen-bond acceptors (Lipinski definition) is 7. The fourth-order valence-electron chi connectivity index (χ4n) is 3.73. The van der Waals surface area contributed by atoms with Crippen LogP contribution in [0.5, 0.6) is 17.4 Å². The van der Waals surface area contributed by atoms with Crippen molar-refractivity contribution in [2.45, 2.75) is 39.3 Å². The minimum atomic E-state index is -4.45. The average molecular weight is 498 g/mol. The lowest BCUT2D eigenvalue weighted by molar-refractivity contribution is -0.137. The summed E-state index contributed by atoms with van der Waals surface area (Å²) in [4.78, 5) is 16.9. The SMILES string of the molecule is CCOc1cc(CCNc2ncnc3c2=C(C)CCC=CN=3)ccc1Oc1ccc(C(F)(F)F)cn1. The zero-order valence-corrected chi connectivity index (χ0v) is 20.0. The molecule has 4 rings (SSSR count). The van der Waals surface area contributed by atoms with Crippen LogP contribution in [0.25, 0.3) is 5.57 Å². The van der Waals surface area contributed by atoms with E-state index < -0.39 is 11.7 Å². The van der Waals surface area contributed by atoms with Crippen molar-refractivity contribution < 1.29 is 22.6 Å². The molecular formula is C26H26F3N5O2. The number of halogens is 3. The van der Waals surface area contributed by atoms with Crippen molar-refractivity contribution in [3.8, 4) is 17.4 Å². The number of benzene rings is 1. The lowest BCUT2D eigenvalue weighted by Crippen LogP contribution is -2.34. The monoisotopic (exact) mass is 497 g/mol. The van der Waals surface area contributed by atoms with Crippen LogP contribution in [-0.4, -0.2) is 28.1 Å². The highest BCUT2D eigenvalue weighted by molar-refractivity contribution is 5.51. The van der Waals surface area contributed by atoms with Crippen LogP contribution in [0.4, 0.5) is 19.0 Å². The largest absolute Gasteiger partial charge is 0.490 e.